The van der Waals surface area contributed by atoms with E-state index in [1.807, 2.05) is 38.4 Å². The molecule has 140 valence electrons. The van der Waals surface area contributed by atoms with Gasteiger partial charge < -0.3 is 15.4 Å². The molecule has 1 aliphatic rings. The summed E-state index contributed by atoms with van der Waals surface area (Å²) in [5, 5.41) is 5.46. The number of likely N-dealkylation sites (tertiary alicyclic amines) is 1. The van der Waals surface area contributed by atoms with Crippen molar-refractivity contribution in [2.75, 3.05) is 13.1 Å². The van der Waals surface area contributed by atoms with Crippen molar-refractivity contribution in [3.8, 4) is 0 Å². The third-order valence-corrected chi connectivity index (χ3v) is 5.29. The van der Waals surface area contributed by atoms with Crippen molar-refractivity contribution in [1.82, 2.24) is 14.7 Å². The summed E-state index contributed by atoms with van der Waals surface area (Å²) in [4.78, 5) is 25.8. The molecule has 0 spiro atoms. The van der Waals surface area contributed by atoms with Crippen molar-refractivity contribution < 1.29 is 14.3 Å². The molecule has 1 saturated heterocycles. The van der Waals surface area contributed by atoms with Gasteiger partial charge in [0.2, 0.25) is 0 Å². The van der Waals surface area contributed by atoms with Gasteiger partial charge in [0.05, 0.1) is 11.1 Å². The highest BCUT2D eigenvalue weighted by atomic mass is 79.9. The van der Waals surface area contributed by atoms with Crippen LogP contribution in [-0.2, 0) is 10.3 Å². The average molecular weight is 423 g/mol. The lowest BCUT2D eigenvalue weighted by Gasteiger charge is -2.28. The molecule has 0 saturated carbocycles. The van der Waals surface area contributed by atoms with Crippen LogP contribution in [0.5, 0.6) is 0 Å². The number of nitrogens with zero attached hydrogens (tertiary/aromatic N) is 3. The number of ether oxygens (including phenoxy) is 1. The lowest BCUT2D eigenvalue weighted by atomic mass is 10.0. The minimum Gasteiger partial charge on any atom is -0.444 e. The molecular weight excluding hydrogens is 400 g/mol. The maximum absolute atomic E-state index is 12.4. The van der Waals surface area contributed by atoms with Gasteiger partial charge in [0.1, 0.15) is 15.7 Å². The topological polar surface area (TPSA) is 90.4 Å². The molecule has 1 aliphatic heterocycles. The van der Waals surface area contributed by atoms with Gasteiger partial charge in [-0.05, 0) is 62.2 Å². The van der Waals surface area contributed by atoms with Crippen LogP contribution in [0.25, 0.3) is 10.9 Å². The van der Waals surface area contributed by atoms with Crippen molar-refractivity contribution in [3.63, 3.8) is 0 Å². The maximum Gasteiger partial charge on any atom is 0.410 e. The number of hydrogen-bond donors (Lipinski definition) is 1. The summed E-state index contributed by atoms with van der Waals surface area (Å²) in [6.45, 7) is 8.64. The Bertz CT molecular complexity index is 886. The van der Waals surface area contributed by atoms with Crippen LogP contribution >= 0.6 is 15.9 Å². The van der Waals surface area contributed by atoms with Crippen LogP contribution in [0.4, 0.5) is 4.79 Å². The average Bonchev–Trinajstić information content (AvgIpc) is 3.08. The summed E-state index contributed by atoms with van der Waals surface area (Å²) < 4.78 is 8.08. The molecule has 2 heterocycles. The van der Waals surface area contributed by atoms with Crippen molar-refractivity contribution in [2.45, 2.75) is 45.3 Å². The normalized spacial score (nSPS) is 20.6. The van der Waals surface area contributed by atoms with Gasteiger partial charge in [-0.25, -0.2) is 9.48 Å². The molecule has 3 rings (SSSR count). The molecule has 0 radical (unpaired) electrons. The fraction of sp³-hybridized carbons (Fsp3) is 0.500. The Morgan fingerprint density at radius 2 is 2.04 bits per heavy atom. The molecule has 8 heteroatoms. The minimum absolute atomic E-state index is 0.327. The molecule has 2 aromatic rings. The number of carbonyl (C=O) groups is 2. The number of amides is 2. The van der Waals surface area contributed by atoms with E-state index in [0.29, 0.717) is 24.2 Å². The van der Waals surface area contributed by atoms with Crippen LogP contribution in [0.2, 0.25) is 0 Å². The van der Waals surface area contributed by atoms with Crippen LogP contribution < -0.4 is 5.73 Å². The van der Waals surface area contributed by atoms with Crippen molar-refractivity contribution in [1.29, 1.82) is 0 Å². The fourth-order valence-electron chi connectivity index (χ4n) is 3.23. The smallest absolute Gasteiger partial charge is 0.410 e. The van der Waals surface area contributed by atoms with Crippen molar-refractivity contribution in [2.24, 2.45) is 5.73 Å². The quantitative estimate of drug-likeness (QED) is 0.803. The minimum atomic E-state index is -0.534. The van der Waals surface area contributed by atoms with Crippen LogP contribution in [0.15, 0.2) is 22.8 Å². The predicted octanol–water partition coefficient (Wildman–Crippen LogP) is 3.25. The Balaban J connectivity index is 1.94. The maximum atomic E-state index is 12.4. The fourth-order valence-corrected chi connectivity index (χ4v) is 4.06. The second-order valence-corrected chi connectivity index (χ2v) is 8.67. The number of fused-ring (bicyclic) bond motifs is 1. The van der Waals surface area contributed by atoms with Crippen molar-refractivity contribution in [3.05, 3.63) is 28.4 Å². The summed E-state index contributed by atoms with van der Waals surface area (Å²) in [7, 11) is 0. The molecule has 26 heavy (non-hydrogen) atoms. The molecule has 1 aromatic carbocycles. The van der Waals surface area contributed by atoms with Gasteiger partial charge in [-0.1, -0.05) is 6.07 Å². The SMILES string of the molecule is CC(C)(C)OC(=O)N1CCC(C)(n2nc3c(C(N)=O)cccc3c2Br)C1. The summed E-state index contributed by atoms with van der Waals surface area (Å²) in [5.74, 6) is -0.514. The van der Waals surface area contributed by atoms with Gasteiger partial charge in [0, 0.05) is 18.5 Å². The zero-order chi connectivity index (χ0) is 19.3. The van der Waals surface area contributed by atoms with E-state index in [2.05, 4.69) is 21.0 Å². The Hall–Kier alpha value is -2.09. The lowest BCUT2D eigenvalue weighted by Crippen LogP contribution is -2.39. The summed E-state index contributed by atoms with van der Waals surface area (Å²) in [5.41, 5.74) is 5.47. The van der Waals surface area contributed by atoms with Crippen LogP contribution in [0.1, 0.15) is 44.5 Å². The largest absolute Gasteiger partial charge is 0.444 e. The highest BCUT2D eigenvalue weighted by Crippen LogP contribution is 2.36. The van der Waals surface area contributed by atoms with E-state index in [1.54, 1.807) is 17.0 Å². The number of primary amides is 1. The first-order valence-corrected chi connectivity index (χ1v) is 9.27. The van der Waals surface area contributed by atoms with Gasteiger partial charge in [0.25, 0.3) is 5.91 Å². The van der Waals surface area contributed by atoms with E-state index in [-0.39, 0.29) is 6.09 Å². The van der Waals surface area contributed by atoms with E-state index < -0.39 is 17.0 Å². The van der Waals surface area contributed by atoms with Crippen LogP contribution in [-0.4, -0.2) is 45.4 Å². The van der Waals surface area contributed by atoms with E-state index in [0.717, 1.165) is 16.4 Å². The van der Waals surface area contributed by atoms with Crippen molar-refractivity contribution >= 4 is 38.8 Å². The second-order valence-electron chi connectivity index (χ2n) is 7.92. The molecular formula is C18H23BrN4O3. The molecule has 1 aromatic heterocycles. The molecule has 7 nitrogen and oxygen atoms in total. The molecule has 1 atom stereocenters. The molecule has 0 aliphatic carbocycles. The molecule has 2 amide bonds. The third-order valence-electron chi connectivity index (χ3n) is 4.52. The lowest BCUT2D eigenvalue weighted by molar-refractivity contribution is 0.0275. The van der Waals surface area contributed by atoms with E-state index in [9.17, 15) is 9.59 Å². The number of carbonyl (C=O) groups excluding carboxylic acids is 2. The number of nitrogens with two attached hydrogens (primary N) is 1. The molecule has 2 N–H and O–H groups in total. The highest BCUT2D eigenvalue weighted by Gasteiger charge is 2.41. The zero-order valence-corrected chi connectivity index (χ0v) is 17.0. The van der Waals surface area contributed by atoms with Crippen LogP contribution in [0, 0.1) is 0 Å². The first kappa shape index (κ1) is 18.7. The second kappa shape index (κ2) is 6.26. The Morgan fingerprint density at radius 3 is 2.65 bits per heavy atom. The first-order chi connectivity index (χ1) is 12.0. The Kier molecular flexibility index (Phi) is 4.50. The Morgan fingerprint density at radius 1 is 1.35 bits per heavy atom. The predicted molar refractivity (Wildman–Crippen MR) is 102 cm³/mol. The van der Waals surface area contributed by atoms with Gasteiger partial charge >= 0.3 is 6.09 Å². The van der Waals surface area contributed by atoms with E-state index in [1.165, 1.54) is 0 Å². The summed E-state index contributed by atoms with van der Waals surface area (Å²) in [6, 6.07) is 5.33. The number of aromatic nitrogens is 2. The summed E-state index contributed by atoms with van der Waals surface area (Å²) >= 11 is 3.60. The number of benzene rings is 1. The van der Waals surface area contributed by atoms with Gasteiger partial charge in [-0.3, -0.25) is 4.79 Å². The van der Waals surface area contributed by atoms with Crippen LogP contribution in [0.3, 0.4) is 0 Å². The number of halogens is 1. The van der Waals surface area contributed by atoms with E-state index >= 15 is 0 Å². The Labute approximate surface area is 160 Å². The number of rotatable bonds is 2. The van der Waals surface area contributed by atoms with E-state index in [4.69, 9.17) is 10.5 Å². The van der Waals surface area contributed by atoms with Gasteiger partial charge in [0.15, 0.2) is 0 Å². The molecule has 1 fully saturated rings. The number of hydrogen-bond acceptors (Lipinski definition) is 4. The summed E-state index contributed by atoms with van der Waals surface area (Å²) in [6.07, 6.45) is 0.400. The molecule has 1 unspecified atom stereocenters. The molecule has 0 bridgehead atoms. The monoisotopic (exact) mass is 422 g/mol. The van der Waals surface area contributed by atoms with Gasteiger partial charge in [-0.15, -0.1) is 0 Å². The highest BCUT2D eigenvalue weighted by molar-refractivity contribution is 9.10. The third kappa shape index (κ3) is 3.30. The zero-order valence-electron chi connectivity index (χ0n) is 15.4. The standard InChI is InChI=1S/C18H23BrN4O3/c1-17(2,3)26-16(25)22-9-8-18(4,10-22)23-14(19)11-6-5-7-12(15(20)24)13(11)21-23/h5-7H,8-10H2,1-4H3,(H2,20,24). The van der Waals surface area contributed by atoms with Gasteiger partial charge in [-0.2, -0.15) is 5.10 Å². The first-order valence-electron chi connectivity index (χ1n) is 8.47.